The van der Waals surface area contributed by atoms with Gasteiger partial charge >= 0.3 is 0 Å². The van der Waals surface area contributed by atoms with Crippen molar-refractivity contribution in [1.29, 1.82) is 0 Å². The molecule has 1 aromatic carbocycles. The maximum atomic E-state index is 2.58. The van der Waals surface area contributed by atoms with E-state index in [1.807, 2.05) is 0 Å². The Morgan fingerprint density at radius 3 is 2.14 bits per heavy atom. The van der Waals surface area contributed by atoms with E-state index in [0.29, 0.717) is 0 Å². The summed E-state index contributed by atoms with van der Waals surface area (Å²) in [6.07, 6.45) is 3.74. The molecule has 0 fully saturated rings. The van der Waals surface area contributed by atoms with Gasteiger partial charge in [0.2, 0.25) is 0 Å². The number of hydrogen-bond acceptors (Lipinski definition) is 1. The number of fused-ring (bicyclic) bond motifs is 1. The first-order valence-electron chi connectivity index (χ1n) is 5.69. The van der Waals surface area contributed by atoms with Crippen LogP contribution < -0.4 is 0 Å². The Labute approximate surface area is 86.7 Å². The van der Waals surface area contributed by atoms with E-state index < -0.39 is 0 Å². The van der Waals surface area contributed by atoms with Gasteiger partial charge in [0.25, 0.3) is 0 Å². The molecule has 0 aromatic heterocycles. The van der Waals surface area contributed by atoms with Gasteiger partial charge in [-0.1, -0.05) is 31.2 Å². The highest BCUT2D eigenvalue weighted by molar-refractivity contribution is 5.28. The predicted octanol–water partition coefficient (Wildman–Crippen LogP) is 2.50. The van der Waals surface area contributed by atoms with Crippen molar-refractivity contribution < 1.29 is 0 Å². The van der Waals surface area contributed by atoms with Crippen molar-refractivity contribution >= 4 is 0 Å². The van der Waals surface area contributed by atoms with Gasteiger partial charge in [0.05, 0.1) is 0 Å². The lowest BCUT2D eigenvalue weighted by Crippen LogP contribution is -2.27. The number of nitrogens with zero attached hydrogens (tertiary/aromatic N) is 1. The van der Waals surface area contributed by atoms with Crippen molar-refractivity contribution in [2.45, 2.75) is 26.2 Å². The van der Waals surface area contributed by atoms with Crippen LogP contribution in [0.3, 0.4) is 0 Å². The summed E-state index contributed by atoms with van der Waals surface area (Å²) in [7, 11) is 0. The molecule has 0 aliphatic carbocycles. The summed E-state index contributed by atoms with van der Waals surface area (Å²) in [4.78, 5) is 2.58. The standard InChI is InChI=1S/C13H19N/c1-2-9-14-10-7-12-5-3-4-6-13(12)8-11-14/h3-6H,2,7-11H2,1H3. The highest BCUT2D eigenvalue weighted by Crippen LogP contribution is 2.15. The van der Waals surface area contributed by atoms with Crippen molar-refractivity contribution in [2.24, 2.45) is 0 Å². The Kier molecular flexibility index (Phi) is 3.20. The lowest BCUT2D eigenvalue weighted by atomic mass is 10.0. The lowest BCUT2D eigenvalue weighted by molar-refractivity contribution is 0.288. The van der Waals surface area contributed by atoms with Gasteiger partial charge in [-0.2, -0.15) is 0 Å². The highest BCUT2D eigenvalue weighted by Gasteiger charge is 2.11. The summed E-state index contributed by atoms with van der Waals surface area (Å²) < 4.78 is 0. The highest BCUT2D eigenvalue weighted by atomic mass is 15.1. The Morgan fingerprint density at radius 1 is 1.07 bits per heavy atom. The van der Waals surface area contributed by atoms with Crippen LogP contribution in [0.1, 0.15) is 24.5 Å². The van der Waals surface area contributed by atoms with Crippen LogP contribution in [0, 0.1) is 0 Å². The van der Waals surface area contributed by atoms with Crippen molar-refractivity contribution in [3.63, 3.8) is 0 Å². The van der Waals surface area contributed by atoms with Gasteiger partial charge in [0.15, 0.2) is 0 Å². The Morgan fingerprint density at radius 2 is 1.64 bits per heavy atom. The topological polar surface area (TPSA) is 3.24 Å². The molecule has 0 atom stereocenters. The molecule has 0 saturated carbocycles. The van der Waals surface area contributed by atoms with Crippen LogP contribution in [0.15, 0.2) is 24.3 Å². The van der Waals surface area contributed by atoms with Crippen molar-refractivity contribution in [1.82, 2.24) is 4.90 Å². The van der Waals surface area contributed by atoms with E-state index in [2.05, 4.69) is 36.1 Å². The predicted molar refractivity (Wildman–Crippen MR) is 60.6 cm³/mol. The van der Waals surface area contributed by atoms with Gasteiger partial charge in [-0.3, -0.25) is 0 Å². The third-order valence-corrected chi connectivity index (χ3v) is 3.05. The van der Waals surface area contributed by atoms with Crippen LogP contribution >= 0.6 is 0 Å². The summed E-state index contributed by atoms with van der Waals surface area (Å²) in [6, 6.07) is 8.89. The molecule has 1 aliphatic heterocycles. The van der Waals surface area contributed by atoms with Gasteiger partial charge in [-0.15, -0.1) is 0 Å². The second-order valence-electron chi connectivity index (χ2n) is 4.11. The van der Waals surface area contributed by atoms with E-state index in [4.69, 9.17) is 0 Å². The molecule has 2 rings (SSSR count). The van der Waals surface area contributed by atoms with Crippen LogP contribution in [0.25, 0.3) is 0 Å². The van der Waals surface area contributed by atoms with Gasteiger partial charge in [-0.25, -0.2) is 0 Å². The van der Waals surface area contributed by atoms with Gasteiger partial charge in [-0.05, 0) is 36.9 Å². The molecule has 1 heterocycles. The molecule has 1 aromatic rings. The van der Waals surface area contributed by atoms with Gasteiger partial charge in [0.1, 0.15) is 0 Å². The maximum absolute atomic E-state index is 2.58. The molecule has 0 N–H and O–H groups in total. The molecule has 76 valence electrons. The van der Waals surface area contributed by atoms with E-state index in [-0.39, 0.29) is 0 Å². The zero-order chi connectivity index (χ0) is 9.80. The third kappa shape index (κ3) is 2.16. The molecule has 1 heteroatoms. The molecule has 0 saturated heterocycles. The van der Waals surface area contributed by atoms with Crippen molar-refractivity contribution in [2.75, 3.05) is 19.6 Å². The van der Waals surface area contributed by atoms with E-state index in [1.165, 1.54) is 38.9 Å². The van der Waals surface area contributed by atoms with Crippen LogP contribution in [-0.2, 0) is 12.8 Å². The molecule has 0 amide bonds. The Balaban J connectivity index is 2.06. The first-order chi connectivity index (χ1) is 6.90. The Hall–Kier alpha value is -0.820. The molecule has 0 unspecified atom stereocenters. The average molecular weight is 189 g/mol. The number of hydrogen-bond donors (Lipinski definition) is 0. The molecule has 1 nitrogen and oxygen atoms in total. The average Bonchev–Trinajstić information content (AvgIpc) is 2.42. The molecule has 14 heavy (non-hydrogen) atoms. The second kappa shape index (κ2) is 4.61. The fraction of sp³-hybridized carbons (Fsp3) is 0.538. The van der Waals surface area contributed by atoms with Gasteiger partial charge in [0, 0.05) is 13.1 Å². The SMILES string of the molecule is CCCN1CCc2ccccc2CC1. The maximum Gasteiger partial charge on any atom is 0.00220 e. The summed E-state index contributed by atoms with van der Waals surface area (Å²) in [5.41, 5.74) is 3.12. The smallest absolute Gasteiger partial charge is 0.00220 e. The van der Waals surface area contributed by atoms with Gasteiger partial charge < -0.3 is 4.90 Å². The molecular formula is C13H19N. The number of rotatable bonds is 2. The normalized spacial score (nSPS) is 17.5. The third-order valence-electron chi connectivity index (χ3n) is 3.05. The molecule has 1 aliphatic rings. The van der Waals surface area contributed by atoms with Crippen molar-refractivity contribution in [3.05, 3.63) is 35.4 Å². The minimum atomic E-state index is 1.23. The lowest BCUT2D eigenvalue weighted by Gasteiger charge is -2.18. The molecule has 0 bridgehead atoms. The van der Waals surface area contributed by atoms with Crippen molar-refractivity contribution in [3.8, 4) is 0 Å². The van der Waals surface area contributed by atoms with Crippen LogP contribution in [-0.4, -0.2) is 24.5 Å². The summed E-state index contributed by atoms with van der Waals surface area (Å²) >= 11 is 0. The molecule has 0 radical (unpaired) electrons. The minimum Gasteiger partial charge on any atom is -0.303 e. The summed E-state index contributed by atoms with van der Waals surface area (Å²) in [6.45, 7) is 6.00. The first-order valence-corrected chi connectivity index (χ1v) is 5.69. The fourth-order valence-corrected chi connectivity index (χ4v) is 2.25. The zero-order valence-electron chi connectivity index (χ0n) is 9.00. The number of benzene rings is 1. The van der Waals surface area contributed by atoms with E-state index in [9.17, 15) is 0 Å². The first kappa shape index (κ1) is 9.72. The fourth-order valence-electron chi connectivity index (χ4n) is 2.25. The Bertz CT molecular complexity index is 266. The second-order valence-corrected chi connectivity index (χ2v) is 4.11. The van der Waals surface area contributed by atoms with E-state index in [1.54, 1.807) is 11.1 Å². The largest absolute Gasteiger partial charge is 0.303 e. The van der Waals surface area contributed by atoms with E-state index >= 15 is 0 Å². The van der Waals surface area contributed by atoms with E-state index in [0.717, 1.165) is 0 Å². The van der Waals surface area contributed by atoms with Crippen LogP contribution in [0.5, 0.6) is 0 Å². The van der Waals surface area contributed by atoms with Crippen LogP contribution in [0.4, 0.5) is 0 Å². The summed E-state index contributed by atoms with van der Waals surface area (Å²) in [5.74, 6) is 0. The zero-order valence-corrected chi connectivity index (χ0v) is 9.00. The summed E-state index contributed by atoms with van der Waals surface area (Å²) in [5, 5.41) is 0. The quantitative estimate of drug-likeness (QED) is 0.691. The monoisotopic (exact) mass is 189 g/mol. The molecular weight excluding hydrogens is 170 g/mol. The van der Waals surface area contributed by atoms with Crippen LogP contribution in [0.2, 0.25) is 0 Å². The minimum absolute atomic E-state index is 1.23. The molecule has 0 spiro atoms.